The molecule has 118 valence electrons. The van der Waals surface area contributed by atoms with Crippen molar-refractivity contribution >= 4 is 18.0 Å². The predicted molar refractivity (Wildman–Crippen MR) is 83.0 cm³/mol. The monoisotopic (exact) mass is 305 g/mol. The predicted octanol–water partition coefficient (Wildman–Crippen LogP) is 0.716. The van der Waals surface area contributed by atoms with Gasteiger partial charge in [-0.25, -0.2) is 5.43 Å². The largest absolute Gasteiger partial charge is 0.504 e. The number of hydrogen-bond donors (Lipinski definition) is 3. The Balaban J connectivity index is 2.86. The Bertz CT molecular complexity index is 597. The van der Waals surface area contributed by atoms with Gasteiger partial charge in [-0.05, 0) is 31.0 Å². The molecule has 7 heteroatoms. The zero-order valence-electron chi connectivity index (χ0n) is 12.5. The first-order valence-corrected chi connectivity index (χ1v) is 6.65. The van der Waals surface area contributed by atoms with E-state index in [9.17, 15) is 14.7 Å². The molecule has 0 radical (unpaired) electrons. The molecule has 1 aromatic carbocycles. The van der Waals surface area contributed by atoms with Crippen LogP contribution in [0.3, 0.4) is 0 Å². The molecule has 22 heavy (non-hydrogen) atoms. The zero-order valence-corrected chi connectivity index (χ0v) is 12.5. The van der Waals surface area contributed by atoms with Gasteiger partial charge in [-0.15, -0.1) is 6.58 Å². The van der Waals surface area contributed by atoms with Crippen LogP contribution in [-0.4, -0.2) is 36.8 Å². The van der Waals surface area contributed by atoms with Crippen molar-refractivity contribution < 1.29 is 19.4 Å². The van der Waals surface area contributed by atoms with Crippen molar-refractivity contribution in [1.29, 1.82) is 0 Å². The molecule has 0 atom stereocenters. The van der Waals surface area contributed by atoms with E-state index in [1.807, 2.05) is 0 Å². The molecular formula is C15H19N3O4. The lowest BCUT2D eigenvalue weighted by molar-refractivity contribution is -0.139. The minimum atomic E-state index is -0.852. The molecule has 0 aromatic heterocycles. The molecule has 1 rings (SSSR count). The maximum absolute atomic E-state index is 11.4. The molecular weight excluding hydrogens is 286 g/mol. The maximum atomic E-state index is 11.4. The molecule has 3 N–H and O–H groups in total. The first-order valence-electron chi connectivity index (χ1n) is 6.65. The molecule has 0 heterocycles. The lowest BCUT2D eigenvalue weighted by Crippen LogP contribution is -2.37. The van der Waals surface area contributed by atoms with E-state index in [-0.39, 0.29) is 11.5 Å². The van der Waals surface area contributed by atoms with E-state index in [0.29, 0.717) is 24.1 Å². The average molecular weight is 305 g/mol. The van der Waals surface area contributed by atoms with Crippen molar-refractivity contribution in [2.75, 3.05) is 13.7 Å². The van der Waals surface area contributed by atoms with Gasteiger partial charge in [-0.2, -0.15) is 5.10 Å². The fourth-order valence-electron chi connectivity index (χ4n) is 1.69. The van der Waals surface area contributed by atoms with Crippen molar-refractivity contribution in [2.24, 2.45) is 5.10 Å². The average Bonchev–Trinajstić information content (AvgIpc) is 2.50. The standard InChI is InChI=1S/C15H19N3O4/c1-4-6-11-7-10(8-12(22-3)13(11)19)9-17-18-15(21)14(20)16-5-2/h4,7-9,19H,1,5-6H2,2-3H3,(H,16,20)(H,18,21)/b17-9+. The van der Waals surface area contributed by atoms with Crippen LogP contribution in [-0.2, 0) is 16.0 Å². The van der Waals surface area contributed by atoms with Gasteiger partial charge >= 0.3 is 11.8 Å². The summed E-state index contributed by atoms with van der Waals surface area (Å²) in [7, 11) is 1.44. The normalized spacial score (nSPS) is 10.3. The van der Waals surface area contributed by atoms with E-state index in [2.05, 4.69) is 22.4 Å². The third-order valence-corrected chi connectivity index (χ3v) is 2.68. The van der Waals surface area contributed by atoms with Crippen LogP contribution < -0.4 is 15.5 Å². The molecule has 7 nitrogen and oxygen atoms in total. The quantitative estimate of drug-likeness (QED) is 0.312. The van der Waals surface area contributed by atoms with Gasteiger partial charge in [-0.3, -0.25) is 9.59 Å². The van der Waals surface area contributed by atoms with Gasteiger partial charge in [0.15, 0.2) is 11.5 Å². The maximum Gasteiger partial charge on any atom is 0.329 e. The summed E-state index contributed by atoms with van der Waals surface area (Å²) >= 11 is 0. The first kappa shape index (κ1) is 17.2. The number of ether oxygens (including phenoxy) is 1. The van der Waals surface area contributed by atoms with Crippen LogP contribution in [0.1, 0.15) is 18.1 Å². The van der Waals surface area contributed by atoms with Crippen molar-refractivity contribution in [2.45, 2.75) is 13.3 Å². The Morgan fingerprint density at radius 2 is 2.14 bits per heavy atom. The SMILES string of the molecule is C=CCc1cc(/C=N/NC(=O)C(=O)NCC)cc(OC)c1O. The summed E-state index contributed by atoms with van der Waals surface area (Å²) in [4.78, 5) is 22.6. The summed E-state index contributed by atoms with van der Waals surface area (Å²) in [6.07, 6.45) is 3.45. The molecule has 0 spiro atoms. The molecule has 0 aliphatic heterocycles. The third kappa shape index (κ3) is 4.62. The third-order valence-electron chi connectivity index (χ3n) is 2.68. The van der Waals surface area contributed by atoms with Gasteiger partial charge in [-0.1, -0.05) is 6.08 Å². The Hall–Kier alpha value is -2.83. The summed E-state index contributed by atoms with van der Waals surface area (Å²) in [6, 6.07) is 3.24. The first-order chi connectivity index (χ1) is 10.5. The van der Waals surface area contributed by atoms with Gasteiger partial charge in [0.2, 0.25) is 0 Å². The van der Waals surface area contributed by atoms with Crippen LogP contribution in [0.4, 0.5) is 0 Å². The summed E-state index contributed by atoms with van der Waals surface area (Å²) in [5.74, 6) is -1.28. The Kier molecular flexibility index (Phi) is 6.62. The topological polar surface area (TPSA) is 100 Å². The number of hydrogen-bond acceptors (Lipinski definition) is 5. The fraction of sp³-hybridized carbons (Fsp3) is 0.267. The summed E-state index contributed by atoms with van der Waals surface area (Å²) < 4.78 is 5.07. The number of carbonyl (C=O) groups is 2. The van der Waals surface area contributed by atoms with E-state index >= 15 is 0 Å². The van der Waals surface area contributed by atoms with E-state index < -0.39 is 11.8 Å². The number of amides is 2. The molecule has 0 saturated heterocycles. The number of phenols is 1. The molecule has 0 saturated carbocycles. The number of allylic oxidation sites excluding steroid dienone is 1. The minimum Gasteiger partial charge on any atom is -0.504 e. The Morgan fingerprint density at radius 1 is 1.41 bits per heavy atom. The second-order valence-electron chi connectivity index (χ2n) is 4.28. The van der Waals surface area contributed by atoms with E-state index in [1.54, 1.807) is 25.1 Å². The lowest BCUT2D eigenvalue weighted by atomic mass is 10.1. The molecule has 0 fully saturated rings. The van der Waals surface area contributed by atoms with Crippen molar-refractivity contribution in [3.63, 3.8) is 0 Å². The van der Waals surface area contributed by atoms with Crippen LogP contribution in [0.5, 0.6) is 11.5 Å². The highest BCUT2D eigenvalue weighted by atomic mass is 16.5. The van der Waals surface area contributed by atoms with Gasteiger partial charge in [0.25, 0.3) is 0 Å². The molecule has 0 bridgehead atoms. The van der Waals surface area contributed by atoms with Gasteiger partial charge in [0.1, 0.15) is 0 Å². The number of aromatic hydroxyl groups is 1. The van der Waals surface area contributed by atoms with Gasteiger partial charge in [0.05, 0.1) is 13.3 Å². The number of rotatable bonds is 6. The fourth-order valence-corrected chi connectivity index (χ4v) is 1.69. The highest BCUT2D eigenvalue weighted by Gasteiger charge is 2.11. The number of carbonyl (C=O) groups excluding carboxylic acids is 2. The zero-order chi connectivity index (χ0) is 16.5. The van der Waals surface area contributed by atoms with Crippen LogP contribution in [0, 0.1) is 0 Å². The second kappa shape index (κ2) is 8.46. The summed E-state index contributed by atoms with van der Waals surface area (Å²) in [6.45, 7) is 5.68. The summed E-state index contributed by atoms with van der Waals surface area (Å²) in [5.41, 5.74) is 3.33. The number of likely N-dealkylation sites (N-methyl/N-ethyl adjacent to an activating group) is 1. The van der Waals surface area contributed by atoms with E-state index in [0.717, 1.165) is 0 Å². The van der Waals surface area contributed by atoms with E-state index in [1.165, 1.54) is 13.3 Å². The van der Waals surface area contributed by atoms with Crippen LogP contribution in [0.2, 0.25) is 0 Å². The highest BCUT2D eigenvalue weighted by Crippen LogP contribution is 2.31. The number of benzene rings is 1. The van der Waals surface area contributed by atoms with Crippen molar-refractivity contribution in [3.05, 3.63) is 35.9 Å². The van der Waals surface area contributed by atoms with Crippen LogP contribution >= 0.6 is 0 Å². The summed E-state index contributed by atoms with van der Waals surface area (Å²) in [5, 5.41) is 16.0. The molecule has 2 amide bonds. The number of hydrazone groups is 1. The van der Waals surface area contributed by atoms with E-state index in [4.69, 9.17) is 4.74 Å². The highest BCUT2D eigenvalue weighted by molar-refractivity contribution is 6.35. The molecule has 0 aliphatic rings. The minimum absolute atomic E-state index is 0.0332. The van der Waals surface area contributed by atoms with Crippen molar-refractivity contribution in [3.8, 4) is 11.5 Å². The number of phenolic OH excluding ortho intramolecular Hbond substituents is 1. The van der Waals surface area contributed by atoms with Gasteiger partial charge in [0, 0.05) is 12.1 Å². The molecule has 0 aliphatic carbocycles. The number of nitrogens with one attached hydrogen (secondary N) is 2. The smallest absolute Gasteiger partial charge is 0.329 e. The lowest BCUT2D eigenvalue weighted by Gasteiger charge is -2.09. The Morgan fingerprint density at radius 3 is 2.73 bits per heavy atom. The van der Waals surface area contributed by atoms with Crippen molar-refractivity contribution in [1.82, 2.24) is 10.7 Å². The molecule has 0 unspecified atom stereocenters. The van der Waals surface area contributed by atoms with Crippen LogP contribution in [0.15, 0.2) is 29.9 Å². The van der Waals surface area contributed by atoms with Crippen LogP contribution in [0.25, 0.3) is 0 Å². The second-order valence-corrected chi connectivity index (χ2v) is 4.28. The van der Waals surface area contributed by atoms with Gasteiger partial charge < -0.3 is 15.2 Å². The number of methoxy groups -OCH3 is 1. The Labute approximate surface area is 128 Å². The molecule has 1 aromatic rings. The number of nitrogens with zero attached hydrogens (tertiary/aromatic N) is 1.